The number of halogens is 1. The molecule has 0 aromatic heterocycles. The predicted octanol–water partition coefficient (Wildman–Crippen LogP) is 2.66. The summed E-state index contributed by atoms with van der Waals surface area (Å²) in [5.41, 5.74) is -1.46. The van der Waals surface area contributed by atoms with E-state index in [0.717, 1.165) is 0 Å². The van der Waals surface area contributed by atoms with E-state index in [9.17, 15) is 9.50 Å². The van der Waals surface area contributed by atoms with Crippen LogP contribution in [0.25, 0.3) is 0 Å². The van der Waals surface area contributed by atoms with Gasteiger partial charge in [-0.1, -0.05) is 6.07 Å². The predicted molar refractivity (Wildman–Crippen MR) is 88.5 cm³/mol. The smallest absolute Gasteiger partial charge is 0.493 e. The molecule has 128 valence electrons. The Morgan fingerprint density at radius 3 is 2.22 bits per heavy atom. The average molecular weight is 324 g/mol. The highest BCUT2D eigenvalue weighted by molar-refractivity contribution is 6.62. The molecule has 0 spiro atoms. The normalized spacial score (nSPS) is 19.9. The maximum atomic E-state index is 14.4. The third kappa shape index (κ3) is 4.25. The van der Waals surface area contributed by atoms with Crippen molar-refractivity contribution in [3.05, 3.63) is 24.0 Å². The Hall–Kier alpha value is -1.11. The molecule has 0 amide bonds. The van der Waals surface area contributed by atoms with Crippen LogP contribution in [0.15, 0.2) is 18.2 Å². The van der Waals surface area contributed by atoms with Crippen molar-refractivity contribution < 1.29 is 23.5 Å². The topological polar surface area (TPSA) is 47.9 Å². The van der Waals surface area contributed by atoms with Crippen molar-refractivity contribution in [1.29, 1.82) is 0 Å². The Kier molecular flexibility index (Phi) is 4.82. The van der Waals surface area contributed by atoms with E-state index in [2.05, 4.69) is 0 Å². The van der Waals surface area contributed by atoms with Gasteiger partial charge >= 0.3 is 7.12 Å². The monoisotopic (exact) mass is 324 g/mol. The number of benzene rings is 1. The molecular formula is C17H26BFO4. The Balaban J connectivity index is 2.06. The van der Waals surface area contributed by atoms with E-state index in [1.807, 2.05) is 27.7 Å². The molecule has 1 aliphatic rings. The first-order chi connectivity index (χ1) is 10.4. The van der Waals surface area contributed by atoms with Crippen LogP contribution in [0, 0.1) is 5.82 Å². The van der Waals surface area contributed by atoms with Crippen LogP contribution >= 0.6 is 0 Å². The summed E-state index contributed by atoms with van der Waals surface area (Å²) < 4.78 is 31.6. The van der Waals surface area contributed by atoms with Gasteiger partial charge in [-0.25, -0.2) is 4.39 Å². The number of aliphatic hydroxyl groups is 1. The van der Waals surface area contributed by atoms with E-state index in [4.69, 9.17) is 14.0 Å². The standard InChI is InChI=1S/C17H26BFO4/c1-15(2,20)9-10-21-12-7-8-13(14(19)11-12)18-22-16(3,4)17(5,6)23-18/h7-8,11,20H,9-10H2,1-6H3. The molecule has 1 fully saturated rings. The molecule has 0 atom stereocenters. The van der Waals surface area contributed by atoms with Crippen molar-refractivity contribution in [3.8, 4) is 5.75 Å². The number of hydrogen-bond acceptors (Lipinski definition) is 4. The van der Waals surface area contributed by atoms with E-state index in [1.54, 1.807) is 26.0 Å². The maximum Gasteiger partial charge on any atom is 0.497 e. The Morgan fingerprint density at radius 2 is 1.74 bits per heavy atom. The van der Waals surface area contributed by atoms with E-state index in [1.165, 1.54) is 6.07 Å². The molecule has 1 heterocycles. The van der Waals surface area contributed by atoms with Gasteiger partial charge in [0.05, 0.1) is 23.4 Å². The number of ether oxygens (including phenoxy) is 1. The molecule has 4 nitrogen and oxygen atoms in total. The van der Waals surface area contributed by atoms with Gasteiger partial charge in [0, 0.05) is 17.9 Å². The second-order valence-corrected chi connectivity index (χ2v) is 7.68. The molecule has 1 N–H and O–H groups in total. The fourth-order valence-electron chi connectivity index (χ4n) is 2.18. The highest BCUT2D eigenvalue weighted by atomic mass is 19.1. The van der Waals surface area contributed by atoms with Crippen molar-refractivity contribution in [1.82, 2.24) is 0 Å². The van der Waals surface area contributed by atoms with Gasteiger partial charge in [0.1, 0.15) is 11.6 Å². The molecule has 1 saturated heterocycles. The molecule has 0 radical (unpaired) electrons. The SMILES string of the molecule is CC(C)(O)CCOc1ccc(B2OC(C)(C)C(C)(C)O2)c(F)c1. The molecule has 1 aromatic carbocycles. The summed E-state index contributed by atoms with van der Waals surface area (Å²) in [7, 11) is -0.731. The van der Waals surface area contributed by atoms with Gasteiger partial charge in [0.2, 0.25) is 0 Å². The summed E-state index contributed by atoms with van der Waals surface area (Å²) in [5, 5.41) is 9.65. The van der Waals surface area contributed by atoms with Gasteiger partial charge < -0.3 is 19.2 Å². The lowest BCUT2D eigenvalue weighted by molar-refractivity contribution is 0.00578. The minimum atomic E-state index is -0.804. The van der Waals surface area contributed by atoms with Crippen LogP contribution in [-0.4, -0.2) is 35.6 Å². The largest absolute Gasteiger partial charge is 0.497 e. The average Bonchev–Trinajstić information content (AvgIpc) is 2.56. The van der Waals surface area contributed by atoms with Crippen LogP contribution in [-0.2, 0) is 9.31 Å². The molecule has 0 unspecified atom stereocenters. The van der Waals surface area contributed by atoms with Crippen LogP contribution in [0.5, 0.6) is 5.75 Å². The highest BCUT2D eigenvalue weighted by Gasteiger charge is 2.52. The molecule has 0 saturated carbocycles. The van der Waals surface area contributed by atoms with E-state index in [0.29, 0.717) is 24.2 Å². The summed E-state index contributed by atoms with van der Waals surface area (Å²) in [6.45, 7) is 11.4. The summed E-state index contributed by atoms with van der Waals surface area (Å²) in [4.78, 5) is 0. The zero-order chi connectivity index (χ0) is 17.5. The second kappa shape index (κ2) is 6.08. The fraction of sp³-hybridized carbons (Fsp3) is 0.647. The summed E-state index contributed by atoms with van der Waals surface area (Å²) in [6.07, 6.45) is 0.466. The third-order valence-corrected chi connectivity index (χ3v) is 4.46. The molecule has 2 rings (SSSR count). The summed E-state index contributed by atoms with van der Waals surface area (Å²) in [6, 6.07) is 4.63. The summed E-state index contributed by atoms with van der Waals surface area (Å²) >= 11 is 0. The van der Waals surface area contributed by atoms with Gasteiger partial charge in [-0.3, -0.25) is 0 Å². The Labute approximate surface area is 138 Å². The molecular weight excluding hydrogens is 298 g/mol. The van der Waals surface area contributed by atoms with Crippen molar-refractivity contribution >= 4 is 12.6 Å². The van der Waals surface area contributed by atoms with Crippen molar-refractivity contribution in [3.63, 3.8) is 0 Å². The lowest BCUT2D eigenvalue weighted by Crippen LogP contribution is -2.41. The molecule has 6 heteroatoms. The first kappa shape index (κ1) is 18.2. The number of hydrogen-bond donors (Lipinski definition) is 1. The maximum absolute atomic E-state index is 14.4. The van der Waals surface area contributed by atoms with Gasteiger partial charge in [0.25, 0.3) is 0 Å². The first-order valence-electron chi connectivity index (χ1n) is 7.92. The second-order valence-electron chi connectivity index (χ2n) is 7.68. The third-order valence-electron chi connectivity index (χ3n) is 4.46. The van der Waals surface area contributed by atoms with E-state index in [-0.39, 0.29) is 0 Å². The van der Waals surface area contributed by atoms with Gasteiger partial charge in [-0.2, -0.15) is 0 Å². The van der Waals surface area contributed by atoms with Crippen LogP contribution < -0.4 is 10.2 Å². The first-order valence-corrected chi connectivity index (χ1v) is 7.92. The van der Waals surface area contributed by atoms with E-state index >= 15 is 0 Å². The van der Waals surface area contributed by atoms with Gasteiger partial charge in [-0.15, -0.1) is 0 Å². The van der Waals surface area contributed by atoms with Crippen molar-refractivity contribution in [2.45, 2.75) is 64.8 Å². The fourth-order valence-corrected chi connectivity index (χ4v) is 2.18. The lowest BCUT2D eigenvalue weighted by atomic mass is 9.78. The molecule has 0 bridgehead atoms. The minimum Gasteiger partial charge on any atom is -0.493 e. The van der Waals surface area contributed by atoms with Crippen molar-refractivity contribution in [2.24, 2.45) is 0 Å². The Bertz CT molecular complexity index is 550. The van der Waals surface area contributed by atoms with Crippen molar-refractivity contribution in [2.75, 3.05) is 6.61 Å². The van der Waals surface area contributed by atoms with Crippen LogP contribution in [0.1, 0.15) is 48.0 Å². The Morgan fingerprint density at radius 1 is 1.17 bits per heavy atom. The summed E-state index contributed by atoms with van der Waals surface area (Å²) in [5.74, 6) is -0.00345. The van der Waals surface area contributed by atoms with Gasteiger partial charge in [0.15, 0.2) is 0 Å². The minimum absolute atomic E-state index is 0.318. The number of rotatable bonds is 5. The van der Waals surface area contributed by atoms with Crippen LogP contribution in [0.3, 0.4) is 0 Å². The zero-order valence-corrected chi connectivity index (χ0v) is 14.8. The molecule has 1 aromatic rings. The van der Waals surface area contributed by atoms with Gasteiger partial charge in [-0.05, 0) is 47.6 Å². The van der Waals surface area contributed by atoms with E-state index < -0.39 is 29.7 Å². The zero-order valence-electron chi connectivity index (χ0n) is 14.8. The lowest BCUT2D eigenvalue weighted by Gasteiger charge is -2.32. The highest BCUT2D eigenvalue weighted by Crippen LogP contribution is 2.36. The molecule has 0 aliphatic carbocycles. The van der Waals surface area contributed by atoms with Crippen LogP contribution in [0.2, 0.25) is 0 Å². The molecule has 1 aliphatic heterocycles. The quantitative estimate of drug-likeness (QED) is 0.846. The van der Waals surface area contributed by atoms with Crippen LogP contribution in [0.4, 0.5) is 4.39 Å². The molecule has 23 heavy (non-hydrogen) atoms.